The molecule has 2 N–H and O–H groups in total. The molecule has 0 radical (unpaired) electrons. The summed E-state index contributed by atoms with van der Waals surface area (Å²) in [7, 11) is 1.66. The first-order valence-corrected chi connectivity index (χ1v) is 8.97. The molecule has 2 aromatic heterocycles. The molecule has 0 fully saturated rings. The van der Waals surface area contributed by atoms with Crippen molar-refractivity contribution >= 4 is 28.7 Å². The lowest BCUT2D eigenvalue weighted by Gasteiger charge is -2.14. The van der Waals surface area contributed by atoms with Crippen LogP contribution in [0.2, 0.25) is 0 Å². The Morgan fingerprint density at radius 2 is 2.08 bits per heavy atom. The van der Waals surface area contributed by atoms with Crippen molar-refractivity contribution in [2.45, 2.75) is 25.0 Å². The average Bonchev–Trinajstić information content (AvgIpc) is 2.98. The molecular formula is C18H20N4O2S. The summed E-state index contributed by atoms with van der Waals surface area (Å²) < 4.78 is 1.47. The number of hydrogen-bond donors (Lipinski definition) is 2. The van der Waals surface area contributed by atoms with Crippen molar-refractivity contribution in [1.29, 1.82) is 0 Å². The van der Waals surface area contributed by atoms with Crippen LogP contribution in [0.15, 0.2) is 46.3 Å². The molecule has 130 valence electrons. The maximum absolute atomic E-state index is 12.3. The predicted molar refractivity (Wildman–Crippen MR) is 99.8 cm³/mol. The molecule has 25 heavy (non-hydrogen) atoms. The van der Waals surface area contributed by atoms with Gasteiger partial charge in [0.05, 0.1) is 17.3 Å². The highest BCUT2D eigenvalue weighted by Gasteiger charge is 2.14. The van der Waals surface area contributed by atoms with Crippen molar-refractivity contribution in [3.63, 3.8) is 0 Å². The maximum atomic E-state index is 12.3. The summed E-state index contributed by atoms with van der Waals surface area (Å²) in [6.45, 7) is 3.83. The topological polar surface area (TPSA) is 79.8 Å². The van der Waals surface area contributed by atoms with Crippen LogP contribution >= 0.6 is 11.8 Å². The second-order valence-corrected chi connectivity index (χ2v) is 6.90. The van der Waals surface area contributed by atoms with Crippen molar-refractivity contribution in [2.75, 3.05) is 5.75 Å². The van der Waals surface area contributed by atoms with Gasteiger partial charge in [-0.15, -0.1) is 0 Å². The third-order valence-corrected chi connectivity index (χ3v) is 4.99. The van der Waals surface area contributed by atoms with E-state index < -0.39 is 0 Å². The summed E-state index contributed by atoms with van der Waals surface area (Å²) in [5.74, 6) is 0.104. The molecule has 1 aromatic carbocycles. The van der Waals surface area contributed by atoms with E-state index >= 15 is 0 Å². The summed E-state index contributed by atoms with van der Waals surface area (Å²) in [6, 6.07) is 11.6. The summed E-state index contributed by atoms with van der Waals surface area (Å²) in [6.07, 6.45) is 0. The minimum Gasteiger partial charge on any atom is -0.353 e. The van der Waals surface area contributed by atoms with Crippen LogP contribution in [0.25, 0.3) is 11.0 Å². The number of fused-ring (bicyclic) bond motifs is 1. The third kappa shape index (κ3) is 3.76. The number of rotatable bonds is 5. The number of carbonyl (C=O) groups excluding carboxylic acids is 1. The number of amides is 1. The van der Waals surface area contributed by atoms with Crippen molar-refractivity contribution in [3.8, 4) is 0 Å². The zero-order valence-electron chi connectivity index (χ0n) is 14.4. The number of aryl methyl sites for hydroxylation is 1. The first-order chi connectivity index (χ1) is 12.0. The Morgan fingerprint density at radius 3 is 2.80 bits per heavy atom. The van der Waals surface area contributed by atoms with Crippen LogP contribution in [0, 0.1) is 6.92 Å². The van der Waals surface area contributed by atoms with Crippen LogP contribution in [0.5, 0.6) is 0 Å². The predicted octanol–water partition coefficient (Wildman–Crippen LogP) is 2.54. The smallest absolute Gasteiger partial charge is 0.278 e. The number of hydrogen-bond acceptors (Lipinski definition) is 4. The van der Waals surface area contributed by atoms with Gasteiger partial charge in [-0.25, -0.2) is 4.98 Å². The van der Waals surface area contributed by atoms with Crippen molar-refractivity contribution in [1.82, 2.24) is 19.9 Å². The van der Waals surface area contributed by atoms with Crippen LogP contribution in [0.4, 0.5) is 0 Å². The fraction of sp³-hybridized carbons (Fsp3) is 0.278. The molecule has 0 saturated heterocycles. The maximum Gasteiger partial charge on any atom is 0.278 e. The van der Waals surface area contributed by atoms with Gasteiger partial charge >= 0.3 is 0 Å². The summed E-state index contributed by atoms with van der Waals surface area (Å²) >= 11 is 1.26. The highest BCUT2D eigenvalue weighted by Crippen LogP contribution is 2.18. The number of H-pyrrole nitrogens is 1. The number of benzene rings is 1. The molecule has 1 unspecified atom stereocenters. The average molecular weight is 356 g/mol. The van der Waals surface area contributed by atoms with Crippen molar-refractivity contribution in [3.05, 3.63) is 58.0 Å². The van der Waals surface area contributed by atoms with Crippen LogP contribution in [0.1, 0.15) is 24.2 Å². The van der Waals surface area contributed by atoms with Gasteiger partial charge in [0.2, 0.25) is 5.91 Å². The molecule has 0 aliphatic carbocycles. The van der Waals surface area contributed by atoms with Gasteiger partial charge in [0.1, 0.15) is 5.52 Å². The van der Waals surface area contributed by atoms with Gasteiger partial charge < -0.3 is 10.3 Å². The van der Waals surface area contributed by atoms with Crippen molar-refractivity contribution < 1.29 is 4.79 Å². The van der Waals surface area contributed by atoms with E-state index in [1.165, 1.54) is 16.3 Å². The lowest BCUT2D eigenvalue weighted by molar-refractivity contribution is -0.119. The molecule has 0 bridgehead atoms. The lowest BCUT2D eigenvalue weighted by atomic mass is 10.1. The highest BCUT2D eigenvalue weighted by molar-refractivity contribution is 7.99. The fourth-order valence-electron chi connectivity index (χ4n) is 2.63. The summed E-state index contributed by atoms with van der Waals surface area (Å²) in [5, 5.41) is 3.49. The summed E-state index contributed by atoms with van der Waals surface area (Å²) in [4.78, 5) is 32.1. The number of carbonyl (C=O) groups is 1. The Bertz CT molecular complexity index is 962. The molecule has 0 spiro atoms. The van der Waals surface area contributed by atoms with Gasteiger partial charge in [-0.1, -0.05) is 42.1 Å². The molecule has 0 aliphatic rings. The van der Waals surface area contributed by atoms with E-state index in [9.17, 15) is 9.59 Å². The van der Waals surface area contributed by atoms with E-state index in [0.717, 1.165) is 11.3 Å². The number of thioether (sulfide) groups is 1. The first-order valence-electron chi connectivity index (χ1n) is 7.99. The molecule has 6 nitrogen and oxygen atoms in total. The molecule has 0 aliphatic heterocycles. The molecular weight excluding hydrogens is 336 g/mol. The van der Waals surface area contributed by atoms with Crippen molar-refractivity contribution in [2.24, 2.45) is 7.05 Å². The highest BCUT2D eigenvalue weighted by atomic mass is 32.2. The van der Waals surface area contributed by atoms with Gasteiger partial charge in [0, 0.05) is 12.7 Å². The van der Waals surface area contributed by atoms with E-state index in [1.54, 1.807) is 7.05 Å². The lowest BCUT2D eigenvalue weighted by Crippen LogP contribution is -2.28. The molecule has 1 atom stereocenters. The number of nitrogens with zero attached hydrogens (tertiary/aromatic N) is 2. The largest absolute Gasteiger partial charge is 0.353 e. The van der Waals surface area contributed by atoms with E-state index in [4.69, 9.17) is 0 Å². The van der Waals surface area contributed by atoms with Crippen LogP contribution < -0.4 is 10.9 Å². The molecule has 3 rings (SSSR count). The van der Waals surface area contributed by atoms with E-state index in [-0.39, 0.29) is 23.3 Å². The summed E-state index contributed by atoms with van der Waals surface area (Å²) in [5.41, 5.74) is 2.91. The molecule has 0 saturated carbocycles. The Kier molecular flexibility index (Phi) is 4.94. The van der Waals surface area contributed by atoms with E-state index in [2.05, 4.69) is 15.3 Å². The van der Waals surface area contributed by atoms with Gasteiger partial charge in [0.15, 0.2) is 5.16 Å². The quantitative estimate of drug-likeness (QED) is 0.544. The molecule has 2 heterocycles. The number of aromatic amines is 1. The van der Waals surface area contributed by atoms with Gasteiger partial charge in [-0.3, -0.25) is 14.2 Å². The molecule has 7 heteroatoms. The fourth-order valence-corrected chi connectivity index (χ4v) is 3.41. The standard InChI is InChI=1S/C18H20N4O2S/c1-11-9-14-16(19-11)17(24)22(3)18(21-14)25-10-15(23)20-12(2)13-7-5-4-6-8-13/h4-9,12,19H,10H2,1-3H3,(H,20,23). The van der Waals surface area contributed by atoms with Crippen LogP contribution in [0.3, 0.4) is 0 Å². The van der Waals surface area contributed by atoms with Gasteiger partial charge in [0.25, 0.3) is 5.56 Å². The molecule has 3 aromatic rings. The minimum atomic E-state index is -0.140. The van der Waals surface area contributed by atoms with E-state index in [0.29, 0.717) is 16.2 Å². The van der Waals surface area contributed by atoms with E-state index in [1.807, 2.05) is 50.2 Å². The SMILES string of the molecule is Cc1cc2nc(SCC(=O)NC(C)c3ccccc3)n(C)c(=O)c2[nH]1. The third-order valence-electron chi connectivity index (χ3n) is 3.96. The second-order valence-electron chi connectivity index (χ2n) is 5.96. The Labute approximate surface area is 149 Å². The second kappa shape index (κ2) is 7.14. The zero-order chi connectivity index (χ0) is 18.0. The van der Waals surface area contributed by atoms with Gasteiger partial charge in [-0.2, -0.15) is 0 Å². The minimum absolute atomic E-state index is 0.0686. The monoisotopic (exact) mass is 356 g/mol. The number of nitrogens with one attached hydrogen (secondary N) is 2. The Morgan fingerprint density at radius 1 is 1.36 bits per heavy atom. The first kappa shape index (κ1) is 17.3. The van der Waals surface area contributed by atoms with Crippen LogP contribution in [-0.2, 0) is 11.8 Å². The normalized spacial score (nSPS) is 12.3. The Balaban J connectivity index is 1.69. The number of aromatic nitrogens is 3. The Hall–Kier alpha value is -2.54. The van der Waals surface area contributed by atoms with Gasteiger partial charge in [-0.05, 0) is 25.5 Å². The van der Waals surface area contributed by atoms with Crippen LogP contribution in [-0.4, -0.2) is 26.2 Å². The zero-order valence-corrected chi connectivity index (χ0v) is 15.2. The molecule has 1 amide bonds.